The zero-order valence-electron chi connectivity index (χ0n) is 37.5. The second-order valence-corrected chi connectivity index (χ2v) is 10.6. The Bertz CT molecular complexity index is 3220. The minimum Gasteiger partial charge on any atom is -0.456 e. The van der Waals surface area contributed by atoms with Gasteiger partial charge in [0.15, 0.2) is 0 Å². The molecule has 0 amide bonds. The molecule has 0 saturated heterocycles. The van der Waals surface area contributed by atoms with Crippen LogP contribution < -0.4 is 0 Å². The van der Waals surface area contributed by atoms with Gasteiger partial charge < -0.3 is 4.42 Å². The normalized spacial score (nSPS) is 15.9. The summed E-state index contributed by atoms with van der Waals surface area (Å²) in [4.78, 5) is 0. The van der Waals surface area contributed by atoms with Gasteiger partial charge in [0.1, 0.15) is 11.2 Å². The Morgan fingerprint density at radius 2 is 0.933 bits per heavy atom. The van der Waals surface area contributed by atoms with Gasteiger partial charge in [-0.05, 0) is 84.3 Å². The second kappa shape index (κ2) is 10.4. The molecule has 0 atom stereocenters. The van der Waals surface area contributed by atoms with Crippen molar-refractivity contribution in [1.29, 1.82) is 0 Å². The Balaban J connectivity index is 1.38. The van der Waals surface area contributed by atoms with Crippen LogP contribution >= 0.6 is 0 Å². The van der Waals surface area contributed by atoms with Gasteiger partial charge in [0.2, 0.25) is 0 Å². The SMILES string of the molecule is [2H]c1c([2H])c([2H])c(-c2ccc3c(c2)oc2cccc(-c4c5ccccc5c(-c5c([2H])c([2H])c([2H])c([2H])c5-c5c([2H])c([2H])c([2H])c([2H])c5[2H])c5ccccc45)c23)c([2H])c1[2H]. The lowest BCUT2D eigenvalue weighted by Gasteiger charge is -2.20. The van der Waals surface area contributed by atoms with Crippen molar-refractivity contribution in [2.45, 2.75) is 0 Å². The minimum atomic E-state index is -0.634. The number of benzene rings is 8. The van der Waals surface area contributed by atoms with Gasteiger partial charge in [-0.15, -0.1) is 0 Å². The van der Waals surface area contributed by atoms with E-state index in [0.717, 1.165) is 16.5 Å². The zero-order chi connectivity index (χ0) is 41.9. The van der Waals surface area contributed by atoms with Gasteiger partial charge in [-0.2, -0.15) is 0 Å². The molecule has 9 rings (SSSR count). The van der Waals surface area contributed by atoms with E-state index < -0.39 is 72.5 Å². The van der Waals surface area contributed by atoms with Crippen molar-refractivity contribution in [3.8, 4) is 44.5 Å². The highest BCUT2D eigenvalue weighted by atomic mass is 16.3. The van der Waals surface area contributed by atoms with E-state index in [4.69, 9.17) is 22.2 Å². The number of fused-ring (bicyclic) bond motifs is 5. The van der Waals surface area contributed by atoms with E-state index in [-0.39, 0.29) is 34.3 Å². The first kappa shape index (κ1) is 15.2. The molecule has 0 fully saturated rings. The largest absolute Gasteiger partial charge is 0.456 e. The smallest absolute Gasteiger partial charge is 0.136 e. The van der Waals surface area contributed by atoms with Crippen LogP contribution in [0.15, 0.2) is 174 Å². The van der Waals surface area contributed by atoms with Crippen LogP contribution in [0.2, 0.25) is 0 Å². The Morgan fingerprint density at radius 3 is 1.58 bits per heavy atom. The molecule has 8 aromatic carbocycles. The third-order valence-corrected chi connectivity index (χ3v) is 8.17. The molecular weight excluding hydrogens is 544 g/mol. The fourth-order valence-corrected chi connectivity index (χ4v) is 6.33. The number of hydrogen-bond acceptors (Lipinski definition) is 1. The monoisotopic (exact) mass is 586 g/mol. The molecule has 1 heterocycles. The van der Waals surface area contributed by atoms with Crippen LogP contribution in [0.3, 0.4) is 0 Å². The molecule has 0 bridgehead atoms. The minimum absolute atomic E-state index is 0.0133. The lowest BCUT2D eigenvalue weighted by Crippen LogP contribution is -1.93. The van der Waals surface area contributed by atoms with Crippen molar-refractivity contribution >= 4 is 43.5 Å². The van der Waals surface area contributed by atoms with Gasteiger partial charge >= 0.3 is 0 Å². The van der Waals surface area contributed by atoms with E-state index >= 15 is 0 Å². The summed E-state index contributed by atoms with van der Waals surface area (Å²) < 4.78 is 127. The van der Waals surface area contributed by atoms with Crippen LogP contribution in [0.5, 0.6) is 0 Å². The van der Waals surface area contributed by atoms with Crippen LogP contribution in [-0.4, -0.2) is 0 Å². The third kappa shape index (κ3) is 4.09. The maximum absolute atomic E-state index is 9.33. The van der Waals surface area contributed by atoms with Crippen molar-refractivity contribution in [1.82, 2.24) is 0 Å². The second-order valence-electron chi connectivity index (χ2n) is 10.6. The van der Waals surface area contributed by atoms with Crippen LogP contribution in [-0.2, 0) is 0 Å². The molecule has 0 unspecified atom stereocenters. The van der Waals surface area contributed by atoms with Crippen molar-refractivity contribution in [3.63, 3.8) is 0 Å². The number of rotatable bonds is 4. The van der Waals surface area contributed by atoms with E-state index in [1.165, 1.54) is 0 Å². The first-order chi connectivity index (χ1) is 28.1. The van der Waals surface area contributed by atoms with Crippen LogP contribution in [0, 0.1) is 0 Å². The Kier molecular flexibility index (Phi) is 3.50. The summed E-state index contributed by atoms with van der Waals surface area (Å²) in [6.07, 6.45) is 0. The van der Waals surface area contributed by atoms with E-state index in [1.807, 2.05) is 54.6 Å². The quantitative estimate of drug-likeness (QED) is 0.187. The van der Waals surface area contributed by atoms with Gasteiger partial charge in [-0.1, -0.05) is 151 Å². The Hall–Kier alpha value is -5.92. The molecule has 45 heavy (non-hydrogen) atoms. The first-order valence-corrected chi connectivity index (χ1v) is 14.3. The van der Waals surface area contributed by atoms with E-state index in [1.54, 1.807) is 30.3 Å². The van der Waals surface area contributed by atoms with Gasteiger partial charge in [-0.25, -0.2) is 0 Å². The van der Waals surface area contributed by atoms with Gasteiger partial charge in [-0.3, -0.25) is 0 Å². The summed E-state index contributed by atoms with van der Waals surface area (Å²) in [6.45, 7) is 0. The fraction of sp³-hybridized carbons (Fsp3) is 0. The standard InChI is InChI=1S/C44H28O/c1-3-14-29(15-4-1)31-26-27-38-41(28-31)45-40-25-13-24-39(44(38)40)43-36-22-11-9-20-34(36)42(35-21-10-12-23-37(35)43)33-19-8-7-18-32(33)30-16-5-2-6-17-30/h1-28H/i1D,2D,3D,4D,5D,6D,7D,8D,14D,15D,16D,17D,18D,19D. The Labute approximate surface area is 281 Å². The summed E-state index contributed by atoms with van der Waals surface area (Å²) in [5, 5.41) is 3.97. The van der Waals surface area contributed by atoms with Crippen LogP contribution in [0.25, 0.3) is 88.0 Å². The fourth-order valence-electron chi connectivity index (χ4n) is 6.33. The zero-order valence-corrected chi connectivity index (χ0v) is 23.5. The highest BCUT2D eigenvalue weighted by molar-refractivity contribution is 6.26. The number of furan rings is 1. The molecule has 0 aliphatic carbocycles. The highest BCUT2D eigenvalue weighted by Gasteiger charge is 2.21. The topological polar surface area (TPSA) is 13.1 Å². The molecule has 0 N–H and O–H groups in total. The lowest BCUT2D eigenvalue weighted by molar-refractivity contribution is 0.669. The van der Waals surface area contributed by atoms with E-state index in [0.29, 0.717) is 49.2 Å². The molecule has 1 nitrogen and oxygen atoms in total. The molecule has 0 radical (unpaired) electrons. The average molecular weight is 587 g/mol. The van der Waals surface area contributed by atoms with Crippen molar-refractivity contribution in [3.05, 3.63) is 170 Å². The summed E-state index contributed by atoms with van der Waals surface area (Å²) in [5.74, 6) is 0. The van der Waals surface area contributed by atoms with Crippen LogP contribution in [0.4, 0.5) is 0 Å². The molecule has 0 aliphatic heterocycles. The third-order valence-electron chi connectivity index (χ3n) is 8.17. The molecule has 0 aliphatic rings. The summed E-state index contributed by atoms with van der Waals surface area (Å²) in [5.41, 5.74) is 2.73. The predicted molar refractivity (Wildman–Crippen MR) is 190 cm³/mol. The van der Waals surface area contributed by atoms with Crippen LogP contribution in [0.1, 0.15) is 19.2 Å². The Morgan fingerprint density at radius 1 is 0.378 bits per heavy atom. The first-order valence-electron chi connectivity index (χ1n) is 21.3. The van der Waals surface area contributed by atoms with Crippen molar-refractivity contribution < 1.29 is 23.6 Å². The summed E-state index contributed by atoms with van der Waals surface area (Å²) in [6, 6.07) is 18.2. The molecule has 0 spiro atoms. The molecule has 0 saturated carbocycles. The van der Waals surface area contributed by atoms with Gasteiger partial charge in [0, 0.05) is 10.8 Å². The highest BCUT2D eigenvalue weighted by Crippen LogP contribution is 2.48. The van der Waals surface area contributed by atoms with E-state index in [9.17, 15) is 1.37 Å². The maximum atomic E-state index is 9.33. The van der Waals surface area contributed by atoms with Crippen molar-refractivity contribution in [2.24, 2.45) is 0 Å². The molecule has 1 heteroatoms. The summed E-state index contributed by atoms with van der Waals surface area (Å²) >= 11 is 0. The maximum Gasteiger partial charge on any atom is 0.136 e. The molecule has 9 aromatic rings. The molecule has 1 aromatic heterocycles. The molecule has 210 valence electrons. The van der Waals surface area contributed by atoms with E-state index in [2.05, 4.69) is 0 Å². The average Bonchev–Trinajstić information content (AvgIpc) is 3.62. The summed E-state index contributed by atoms with van der Waals surface area (Å²) in [7, 11) is 0. The molecular formula is C44H28O. The predicted octanol–water partition coefficient (Wildman–Crippen LogP) is 12.6. The van der Waals surface area contributed by atoms with Gasteiger partial charge in [0.05, 0.1) is 19.2 Å². The van der Waals surface area contributed by atoms with Crippen molar-refractivity contribution in [2.75, 3.05) is 0 Å². The lowest BCUT2D eigenvalue weighted by atomic mass is 9.83. The number of hydrogen-bond donors (Lipinski definition) is 0. The van der Waals surface area contributed by atoms with Gasteiger partial charge in [0.25, 0.3) is 0 Å².